The molecule has 2 aromatic carbocycles. The summed E-state index contributed by atoms with van der Waals surface area (Å²) in [6, 6.07) is 5.48. The van der Waals surface area contributed by atoms with Crippen molar-refractivity contribution in [2.24, 2.45) is 0 Å². The second-order valence-corrected chi connectivity index (χ2v) is 8.37. The van der Waals surface area contributed by atoms with Crippen LogP contribution in [-0.4, -0.2) is 28.0 Å². The van der Waals surface area contributed by atoms with Gasteiger partial charge in [-0.3, -0.25) is 24.2 Å². The first-order valence-electron chi connectivity index (χ1n) is 9.87. The Morgan fingerprint density at radius 3 is 2.03 bits per heavy atom. The summed E-state index contributed by atoms with van der Waals surface area (Å²) in [5, 5.41) is 18.0. The number of pyridine rings is 1. The number of carboxylic acids is 1. The molecule has 0 aliphatic rings. The summed E-state index contributed by atoms with van der Waals surface area (Å²) in [6.45, 7) is 3.63. The lowest BCUT2D eigenvalue weighted by Crippen LogP contribution is -2.39. The summed E-state index contributed by atoms with van der Waals surface area (Å²) >= 11 is 12.0. The minimum Gasteiger partial charge on any atom is -0.481 e. The van der Waals surface area contributed by atoms with Crippen LogP contribution in [0.4, 0.5) is 17.1 Å². The van der Waals surface area contributed by atoms with E-state index in [4.69, 9.17) is 23.2 Å². The van der Waals surface area contributed by atoms with Crippen LogP contribution in [0.3, 0.4) is 0 Å². The largest absolute Gasteiger partial charge is 0.481 e. The fourth-order valence-electron chi connectivity index (χ4n) is 3.18. The molecule has 172 valence electrons. The summed E-state index contributed by atoms with van der Waals surface area (Å²) in [5.41, 5.74) is -0.125. The number of hydrogen-bond donors (Lipinski definition) is 4. The van der Waals surface area contributed by atoms with Crippen molar-refractivity contribution in [3.8, 4) is 0 Å². The summed E-state index contributed by atoms with van der Waals surface area (Å²) in [7, 11) is 0. The van der Waals surface area contributed by atoms with Crippen molar-refractivity contribution >= 4 is 52.1 Å². The lowest BCUT2D eigenvalue weighted by atomic mass is 10.0. The van der Waals surface area contributed by atoms with Crippen LogP contribution in [0.2, 0.25) is 10.0 Å². The molecule has 0 aliphatic carbocycles. The summed E-state index contributed by atoms with van der Waals surface area (Å²) in [4.78, 5) is 51.6. The molecule has 11 heteroatoms. The minimum atomic E-state index is -1.09. The molecule has 0 bridgehead atoms. The number of anilines is 3. The third-order valence-corrected chi connectivity index (χ3v) is 5.27. The average molecular weight is 491 g/mol. The zero-order valence-electron chi connectivity index (χ0n) is 17.6. The third-order valence-electron chi connectivity index (χ3n) is 4.69. The Bertz CT molecular complexity index is 1250. The van der Waals surface area contributed by atoms with Crippen molar-refractivity contribution in [2.75, 3.05) is 16.0 Å². The Morgan fingerprint density at radius 2 is 1.52 bits per heavy atom. The molecule has 3 rings (SSSR count). The Labute approximate surface area is 198 Å². The number of halogens is 2. The number of nitrogens with one attached hydrogen (secondary N) is 3. The van der Waals surface area contributed by atoms with E-state index in [0.717, 1.165) is 0 Å². The predicted molar refractivity (Wildman–Crippen MR) is 127 cm³/mol. The van der Waals surface area contributed by atoms with Gasteiger partial charge in [-0.15, -0.1) is 0 Å². The molecule has 1 atom stereocenters. The van der Waals surface area contributed by atoms with Crippen molar-refractivity contribution in [3.05, 3.63) is 78.3 Å². The first-order chi connectivity index (χ1) is 15.6. The smallest absolute Gasteiger partial charge is 0.305 e. The van der Waals surface area contributed by atoms with Gasteiger partial charge in [0, 0.05) is 24.1 Å². The van der Waals surface area contributed by atoms with Crippen molar-refractivity contribution in [1.82, 2.24) is 4.98 Å². The topological polar surface area (TPSA) is 137 Å². The highest BCUT2D eigenvalue weighted by atomic mass is 35.5. The molecular weight excluding hydrogens is 471 g/mol. The highest BCUT2D eigenvalue weighted by Crippen LogP contribution is 2.28. The van der Waals surface area contributed by atoms with E-state index in [9.17, 15) is 24.3 Å². The van der Waals surface area contributed by atoms with Gasteiger partial charge in [-0.2, -0.15) is 0 Å². The van der Waals surface area contributed by atoms with Gasteiger partial charge in [0.1, 0.15) is 11.4 Å². The van der Waals surface area contributed by atoms with Gasteiger partial charge in [-0.25, -0.2) is 0 Å². The molecule has 0 aliphatic heterocycles. The lowest BCUT2D eigenvalue weighted by Gasteiger charge is -2.23. The molecule has 1 heterocycles. The third kappa shape index (κ3) is 5.50. The van der Waals surface area contributed by atoms with Crippen molar-refractivity contribution < 1.29 is 14.7 Å². The zero-order valence-corrected chi connectivity index (χ0v) is 19.1. The minimum absolute atomic E-state index is 0.0549. The highest BCUT2D eigenvalue weighted by Gasteiger charge is 2.26. The molecule has 0 fully saturated rings. The van der Waals surface area contributed by atoms with Crippen LogP contribution < -0.4 is 26.8 Å². The summed E-state index contributed by atoms with van der Waals surface area (Å²) in [6.07, 6.45) is 2.27. The van der Waals surface area contributed by atoms with Crippen LogP contribution in [0.1, 0.15) is 42.2 Å². The Kier molecular flexibility index (Phi) is 7.35. The molecule has 0 saturated carbocycles. The van der Waals surface area contributed by atoms with Crippen LogP contribution in [0, 0.1) is 0 Å². The standard InChI is InChI=1S/C22H20Cl2N4O5/c1-10(2)26-18-19(21(32)20(18)31)28-15(7-16(29)30)11-3-5-12(6-4-11)27-22(33)17-13(23)8-25-9-14(17)24/h3-6,8-10,15,26,28H,7H2,1-2H3,(H,27,33)(H,29,30)/t15-/m0/s1. The Balaban J connectivity index is 1.81. The SMILES string of the molecule is CC(C)Nc1c(N[C@@H](CC(=O)O)c2ccc(NC(=O)c3c(Cl)cncc3Cl)cc2)c(=O)c1=O. The van der Waals surface area contributed by atoms with Crippen molar-refractivity contribution in [1.29, 1.82) is 0 Å². The maximum atomic E-state index is 12.5. The van der Waals surface area contributed by atoms with E-state index in [1.165, 1.54) is 12.4 Å². The Hall–Kier alpha value is -3.43. The van der Waals surface area contributed by atoms with Gasteiger partial charge in [-0.05, 0) is 31.5 Å². The van der Waals surface area contributed by atoms with E-state index < -0.39 is 28.8 Å². The van der Waals surface area contributed by atoms with Gasteiger partial charge >= 0.3 is 5.97 Å². The van der Waals surface area contributed by atoms with E-state index in [1.54, 1.807) is 24.3 Å². The quantitative estimate of drug-likeness (QED) is 0.333. The first kappa shape index (κ1) is 24.2. The number of carbonyl (C=O) groups excluding carboxylic acids is 1. The number of aromatic nitrogens is 1. The van der Waals surface area contributed by atoms with Crippen molar-refractivity contribution in [3.63, 3.8) is 0 Å². The number of hydrogen-bond acceptors (Lipinski definition) is 7. The predicted octanol–water partition coefficient (Wildman–Crippen LogP) is 3.68. The van der Waals surface area contributed by atoms with E-state index in [1.807, 2.05) is 13.8 Å². The van der Waals surface area contributed by atoms with E-state index >= 15 is 0 Å². The van der Waals surface area contributed by atoms with Crippen LogP contribution in [0.25, 0.3) is 0 Å². The van der Waals surface area contributed by atoms with Gasteiger partial charge in [0.2, 0.25) is 0 Å². The molecule has 0 unspecified atom stereocenters. The van der Waals surface area contributed by atoms with Gasteiger partial charge < -0.3 is 21.1 Å². The lowest BCUT2D eigenvalue weighted by molar-refractivity contribution is -0.137. The fraction of sp³-hybridized carbons (Fsp3) is 0.227. The molecule has 0 radical (unpaired) electrons. The number of carboxylic acid groups (broad SMARTS) is 1. The average Bonchev–Trinajstić information content (AvgIpc) is 2.75. The number of benzene rings is 1. The monoisotopic (exact) mass is 490 g/mol. The normalized spacial score (nSPS) is 11.9. The van der Waals surface area contributed by atoms with Crippen LogP contribution in [0.15, 0.2) is 46.2 Å². The van der Waals surface area contributed by atoms with Crippen LogP contribution >= 0.6 is 23.2 Å². The molecule has 1 amide bonds. The highest BCUT2D eigenvalue weighted by molar-refractivity contribution is 6.40. The van der Waals surface area contributed by atoms with Crippen LogP contribution in [-0.2, 0) is 4.79 Å². The van der Waals surface area contributed by atoms with E-state index in [2.05, 4.69) is 20.9 Å². The summed E-state index contributed by atoms with van der Waals surface area (Å²) < 4.78 is 0. The van der Waals surface area contributed by atoms with Gasteiger partial charge in [-0.1, -0.05) is 35.3 Å². The second kappa shape index (κ2) is 10.0. The number of aliphatic carboxylic acids is 1. The van der Waals surface area contributed by atoms with Gasteiger partial charge in [0.25, 0.3) is 16.8 Å². The van der Waals surface area contributed by atoms with Crippen molar-refractivity contribution in [2.45, 2.75) is 32.4 Å². The fourth-order valence-corrected chi connectivity index (χ4v) is 3.71. The van der Waals surface area contributed by atoms with E-state index in [0.29, 0.717) is 11.3 Å². The summed E-state index contributed by atoms with van der Waals surface area (Å²) in [5.74, 6) is -1.63. The number of amides is 1. The molecule has 4 N–H and O–H groups in total. The number of nitrogens with zero attached hydrogens (tertiary/aromatic N) is 1. The van der Waals surface area contributed by atoms with E-state index in [-0.39, 0.29) is 39.4 Å². The second-order valence-electron chi connectivity index (χ2n) is 7.56. The molecule has 3 aromatic rings. The maximum Gasteiger partial charge on any atom is 0.305 e. The number of rotatable bonds is 9. The molecule has 1 aromatic heterocycles. The molecule has 33 heavy (non-hydrogen) atoms. The van der Waals surface area contributed by atoms with Gasteiger partial charge in [0.15, 0.2) is 0 Å². The Morgan fingerprint density at radius 1 is 0.970 bits per heavy atom. The zero-order chi connectivity index (χ0) is 24.3. The van der Waals surface area contributed by atoms with Gasteiger partial charge in [0.05, 0.1) is 28.1 Å². The molecule has 9 nitrogen and oxygen atoms in total. The molecular formula is C22H20Cl2N4O5. The molecule has 0 spiro atoms. The first-order valence-corrected chi connectivity index (χ1v) is 10.6. The maximum absolute atomic E-state index is 12.5. The number of carbonyl (C=O) groups is 2. The van der Waals surface area contributed by atoms with Crippen LogP contribution in [0.5, 0.6) is 0 Å². The molecule has 0 saturated heterocycles.